The van der Waals surface area contributed by atoms with Crippen LogP contribution in [0.3, 0.4) is 0 Å². The number of benzene rings is 3. The van der Waals surface area contributed by atoms with Gasteiger partial charge in [0.1, 0.15) is 4.91 Å². The molecule has 0 bridgehead atoms. The average Bonchev–Trinajstić information content (AvgIpc) is 2.89. The van der Waals surface area contributed by atoms with Crippen LogP contribution >= 0.6 is 7.60 Å². The zero-order valence-corrected chi connectivity index (χ0v) is 26.7. The molecule has 1 aliphatic rings. The first-order chi connectivity index (χ1) is 19.5. The van der Waals surface area contributed by atoms with Crippen LogP contribution in [-0.4, -0.2) is 34.8 Å². The molecule has 0 aliphatic heterocycles. The number of hydrogen-bond acceptors (Lipinski definition) is 8. The first-order valence-corrected chi connectivity index (χ1v) is 17.8. The molecule has 224 valence electrons. The molecule has 0 spiro atoms. The molecule has 0 saturated carbocycles. The molecule has 1 aliphatic carbocycles. The molecule has 0 heterocycles. The minimum absolute atomic E-state index is 0.0572. The van der Waals surface area contributed by atoms with Gasteiger partial charge in [0.2, 0.25) is 25.6 Å². The van der Waals surface area contributed by atoms with E-state index in [1.165, 1.54) is 48.5 Å². The van der Waals surface area contributed by atoms with Crippen molar-refractivity contribution in [2.24, 2.45) is 0 Å². The summed E-state index contributed by atoms with van der Waals surface area (Å²) in [7, 11) is -13.8. The molecule has 1 unspecified atom stereocenters. The fourth-order valence-electron chi connectivity index (χ4n) is 4.62. The normalized spacial score (nSPS) is 17.8. The number of sulfonamides is 1. The molecule has 0 aromatic heterocycles. The first-order valence-electron chi connectivity index (χ1n) is 13.3. The Morgan fingerprint density at radius 1 is 0.738 bits per heavy atom. The summed E-state index contributed by atoms with van der Waals surface area (Å²) in [4.78, 5) is 12.7. The van der Waals surface area contributed by atoms with Gasteiger partial charge in [-0.25, -0.2) is 16.8 Å². The second-order valence-corrected chi connectivity index (χ2v) is 16.4. The maximum absolute atomic E-state index is 15.1. The van der Waals surface area contributed by atoms with Crippen molar-refractivity contribution in [2.45, 2.75) is 68.8 Å². The summed E-state index contributed by atoms with van der Waals surface area (Å²) < 4.78 is 85.4. The fraction of sp³-hybridized carbons (Fsp3) is 0.300. The molecule has 12 heteroatoms. The fourth-order valence-corrected chi connectivity index (χ4v) is 10.4. The van der Waals surface area contributed by atoms with Crippen molar-refractivity contribution in [3.63, 3.8) is 0 Å². The maximum Gasteiger partial charge on any atom is 0.360 e. The van der Waals surface area contributed by atoms with Crippen LogP contribution in [0, 0.1) is 13.8 Å². The monoisotopic (exact) mass is 631 g/mol. The van der Waals surface area contributed by atoms with Gasteiger partial charge < -0.3 is 9.05 Å². The Labute approximate surface area is 247 Å². The Morgan fingerprint density at radius 3 is 1.71 bits per heavy atom. The van der Waals surface area contributed by atoms with E-state index >= 15 is 4.57 Å². The number of hydrogen-bond donors (Lipinski definition) is 1. The number of carbonyl (C=O) groups is 1. The van der Waals surface area contributed by atoms with Gasteiger partial charge in [0.05, 0.1) is 22.0 Å². The number of Topliss-reactive ketones (excluding diaryl/α,β-unsaturated/α-hetero) is 1. The lowest BCUT2D eigenvalue weighted by Crippen LogP contribution is -2.49. The molecule has 4 rings (SSSR count). The predicted molar refractivity (Wildman–Crippen MR) is 160 cm³/mol. The van der Waals surface area contributed by atoms with E-state index in [-0.39, 0.29) is 20.9 Å². The molecule has 9 nitrogen and oxygen atoms in total. The second-order valence-electron chi connectivity index (χ2n) is 10.7. The number of allylic oxidation sites excluding steroid dienone is 1. The molecule has 1 atom stereocenters. The van der Waals surface area contributed by atoms with E-state index < -0.39 is 55.6 Å². The Morgan fingerprint density at radius 2 is 1.21 bits per heavy atom. The summed E-state index contributed by atoms with van der Waals surface area (Å²) in [6.07, 6.45) is -0.596. The third-order valence-corrected chi connectivity index (χ3v) is 12.7. The third kappa shape index (κ3) is 5.95. The maximum atomic E-state index is 15.1. The highest BCUT2D eigenvalue weighted by Gasteiger charge is 2.59. The average molecular weight is 632 g/mol. The number of sulfone groups is 1. The zero-order valence-electron chi connectivity index (χ0n) is 24.2. The van der Waals surface area contributed by atoms with Gasteiger partial charge in [0, 0.05) is 11.1 Å². The summed E-state index contributed by atoms with van der Waals surface area (Å²) in [6.45, 7) is 9.93. The number of fused-ring (bicyclic) bond motifs is 1. The lowest BCUT2D eigenvalue weighted by atomic mass is 9.92. The second kappa shape index (κ2) is 11.6. The van der Waals surface area contributed by atoms with Crippen molar-refractivity contribution in [3.05, 3.63) is 106 Å². The van der Waals surface area contributed by atoms with E-state index in [1.54, 1.807) is 65.8 Å². The van der Waals surface area contributed by atoms with Crippen LogP contribution in [0.2, 0.25) is 0 Å². The lowest BCUT2D eigenvalue weighted by Gasteiger charge is -2.42. The van der Waals surface area contributed by atoms with Crippen molar-refractivity contribution in [2.75, 3.05) is 0 Å². The van der Waals surface area contributed by atoms with Crippen molar-refractivity contribution < 1.29 is 35.2 Å². The molecule has 42 heavy (non-hydrogen) atoms. The number of rotatable bonds is 10. The van der Waals surface area contributed by atoms with Crippen molar-refractivity contribution in [1.29, 1.82) is 0 Å². The molecule has 0 amide bonds. The highest BCUT2D eigenvalue weighted by molar-refractivity contribution is 7.96. The molecule has 0 radical (unpaired) electrons. The van der Waals surface area contributed by atoms with Crippen LogP contribution < -0.4 is 4.72 Å². The van der Waals surface area contributed by atoms with Gasteiger partial charge in [-0.3, -0.25) is 9.36 Å². The third-order valence-electron chi connectivity index (χ3n) is 6.52. The smallest absolute Gasteiger partial charge is 0.304 e. The molecule has 3 aromatic carbocycles. The topological polar surface area (TPSA) is 133 Å². The van der Waals surface area contributed by atoms with Crippen LogP contribution in [-0.2, 0) is 38.8 Å². The van der Waals surface area contributed by atoms with E-state index in [0.29, 0.717) is 0 Å². The highest BCUT2D eigenvalue weighted by atomic mass is 32.2. The van der Waals surface area contributed by atoms with Crippen LogP contribution in [0.1, 0.15) is 54.7 Å². The minimum atomic E-state index is -4.71. The molecular weight excluding hydrogens is 597 g/mol. The Balaban J connectivity index is 2.13. The van der Waals surface area contributed by atoms with Gasteiger partial charge in [0.25, 0.3) is 0 Å². The van der Waals surface area contributed by atoms with E-state index in [1.807, 2.05) is 0 Å². The van der Waals surface area contributed by atoms with Gasteiger partial charge in [-0.1, -0.05) is 59.7 Å². The molecule has 1 N–H and O–H groups in total. The van der Waals surface area contributed by atoms with Gasteiger partial charge >= 0.3 is 7.60 Å². The number of carbonyl (C=O) groups excluding carboxylic acids is 1. The van der Waals surface area contributed by atoms with Crippen LogP contribution in [0.15, 0.2) is 93.6 Å². The zero-order chi connectivity index (χ0) is 31.1. The number of nitrogens with one attached hydrogen (secondary N) is 1. The van der Waals surface area contributed by atoms with Crippen LogP contribution in [0.5, 0.6) is 0 Å². The molecular formula is C30H34NO8PS2. The van der Waals surface area contributed by atoms with E-state index in [2.05, 4.69) is 4.72 Å². The van der Waals surface area contributed by atoms with Crippen molar-refractivity contribution in [1.82, 2.24) is 4.72 Å². The summed E-state index contributed by atoms with van der Waals surface area (Å²) in [5.74, 6) is -0.878. The van der Waals surface area contributed by atoms with E-state index in [4.69, 9.17) is 9.05 Å². The van der Waals surface area contributed by atoms with Gasteiger partial charge in [-0.2, -0.15) is 4.72 Å². The Hall–Kier alpha value is -2.92. The van der Waals surface area contributed by atoms with Crippen molar-refractivity contribution >= 4 is 33.2 Å². The minimum Gasteiger partial charge on any atom is -0.304 e. The quantitative estimate of drug-likeness (QED) is 0.268. The summed E-state index contributed by atoms with van der Waals surface area (Å²) in [5.41, 5.74) is 1.39. The SMILES string of the molecule is Cc1ccc(S(=O)(=O)NC2(P(=O)(OC(C)C)OC(C)C)C=C(S(=O)(=O)c3ccc(C)cc3)C(=O)c3ccccc32)cc1. The van der Waals surface area contributed by atoms with Gasteiger partial charge in [-0.15, -0.1) is 0 Å². The van der Waals surface area contributed by atoms with Crippen LogP contribution in [0.25, 0.3) is 0 Å². The molecule has 0 fully saturated rings. The Kier molecular flexibility index (Phi) is 8.87. The predicted octanol–water partition coefficient (Wildman–Crippen LogP) is 6.03. The van der Waals surface area contributed by atoms with E-state index in [9.17, 15) is 21.6 Å². The summed E-state index contributed by atoms with van der Waals surface area (Å²) in [6, 6.07) is 17.6. The highest BCUT2D eigenvalue weighted by Crippen LogP contribution is 2.68. The largest absolute Gasteiger partial charge is 0.360 e. The first kappa shape index (κ1) is 32.0. The summed E-state index contributed by atoms with van der Waals surface area (Å²) >= 11 is 0. The molecule has 0 saturated heterocycles. The van der Waals surface area contributed by atoms with Crippen LogP contribution in [0.4, 0.5) is 0 Å². The Bertz CT molecular complexity index is 1780. The van der Waals surface area contributed by atoms with Crippen molar-refractivity contribution in [3.8, 4) is 0 Å². The molecule has 3 aromatic rings. The van der Waals surface area contributed by atoms with E-state index in [0.717, 1.165) is 17.2 Å². The summed E-state index contributed by atoms with van der Waals surface area (Å²) in [5, 5.41) is -2.44. The van der Waals surface area contributed by atoms with Gasteiger partial charge in [0.15, 0.2) is 5.28 Å². The standard InChI is InChI=1S/C30H34NO8PS2/c1-20(2)38-40(33,39-21(3)4)30(31-42(36,37)25-17-13-23(6)14-18-25)19-28(29(32)26-9-7-8-10-27(26)30)41(34,35)24-15-11-22(5)12-16-24/h7-21,31H,1-6H3. The van der Waals surface area contributed by atoms with Gasteiger partial charge in [-0.05, 0) is 71.9 Å². The lowest BCUT2D eigenvalue weighted by molar-refractivity contribution is 0.103. The number of ketones is 1. The number of aryl methyl sites for hydroxylation is 2.